The van der Waals surface area contributed by atoms with E-state index < -0.39 is 0 Å². The summed E-state index contributed by atoms with van der Waals surface area (Å²) in [4.78, 5) is 9.46. The Kier molecular flexibility index (Phi) is 5.68. The zero-order valence-corrected chi connectivity index (χ0v) is 14.6. The van der Waals surface area contributed by atoms with E-state index in [1.54, 1.807) is 18.3 Å². The van der Waals surface area contributed by atoms with Gasteiger partial charge in [0.15, 0.2) is 0 Å². The number of ether oxygens (including phenoxy) is 1. The number of halogens is 2. The van der Waals surface area contributed by atoms with Crippen molar-refractivity contribution < 1.29 is 9.13 Å². The lowest BCUT2D eigenvalue weighted by Gasteiger charge is -2.16. The quantitative estimate of drug-likeness (QED) is 0.679. The maximum absolute atomic E-state index is 13.8. The molecule has 0 aliphatic carbocycles. The van der Waals surface area contributed by atoms with Crippen molar-refractivity contribution in [1.29, 1.82) is 0 Å². The normalized spacial score (nSPS) is 11.0. The van der Waals surface area contributed by atoms with Gasteiger partial charge in [0.1, 0.15) is 24.0 Å². The monoisotopic (exact) mass is 359 g/mol. The Hall–Kier alpha value is -2.37. The second kappa shape index (κ2) is 8.14. The van der Waals surface area contributed by atoms with E-state index in [0.717, 1.165) is 24.5 Å². The summed E-state index contributed by atoms with van der Waals surface area (Å²) in [5, 5.41) is 0.370. The molecular weight excluding hydrogens is 341 g/mol. The summed E-state index contributed by atoms with van der Waals surface area (Å²) in [5.41, 5.74) is 1.47. The van der Waals surface area contributed by atoms with Gasteiger partial charge in [0.05, 0.1) is 11.6 Å². The predicted molar refractivity (Wildman–Crippen MR) is 95.9 cm³/mol. The fourth-order valence-electron chi connectivity index (χ4n) is 2.57. The molecule has 3 rings (SSSR count). The number of hydrogen-bond donors (Lipinski definition) is 1. The summed E-state index contributed by atoms with van der Waals surface area (Å²) >= 11 is 6.03. The van der Waals surface area contributed by atoms with Crippen molar-refractivity contribution in [2.45, 2.75) is 19.7 Å². The van der Waals surface area contributed by atoms with Gasteiger partial charge in [-0.1, -0.05) is 29.8 Å². The molecule has 1 heterocycles. The van der Waals surface area contributed by atoms with Gasteiger partial charge in [-0.3, -0.25) is 4.90 Å². The molecule has 4 nitrogen and oxygen atoms in total. The predicted octanol–water partition coefficient (Wildman–Crippen LogP) is 4.41. The zero-order valence-electron chi connectivity index (χ0n) is 13.9. The van der Waals surface area contributed by atoms with E-state index in [1.165, 1.54) is 6.07 Å². The van der Waals surface area contributed by atoms with Crippen LogP contribution in [0.1, 0.15) is 17.0 Å². The molecule has 3 aromatic rings. The van der Waals surface area contributed by atoms with Crippen LogP contribution in [0, 0.1) is 5.82 Å². The molecule has 0 spiro atoms. The van der Waals surface area contributed by atoms with E-state index in [1.807, 2.05) is 37.5 Å². The van der Waals surface area contributed by atoms with Crippen LogP contribution in [0.4, 0.5) is 4.39 Å². The first-order chi connectivity index (χ1) is 12.1. The van der Waals surface area contributed by atoms with Gasteiger partial charge < -0.3 is 9.72 Å². The molecule has 0 aliphatic heterocycles. The summed E-state index contributed by atoms with van der Waals surface area (Å²) in [6, 6.07) is 12.4. The molecule has 0 saturated heterocycles. The average Bonchev–Trinajstić information content (AvgIpc) is 3.07. The van der Waals surface area contributed by atoms with Crippen LogP contribution in [0.15, 0.2) is 54.9 Å². The summed E-state index contributed by atoms with van der Waals surface area (Å²) in [5.74, 6) is 1.24. The topological polar surface area (TPSA) is 41.1 Å². The van der Waals surface area contributed by atoms with Crippen molar-refractivity contribution in [2.75, 3.05) is 7.05 Å². The Morgan fingerprint density at radius 1 is 1.20 bits per heavy atom. The van der Waals surface area contributed by atoms with Crippen molar-refractivity contribution >= 4 is 11.6 Å². The maximum Gasteiger partial charge on any atom is 0.131 e. The molecule has 1 N–H and O–H groups in total. The second-order valence-corrected chi connectivity index (χ2v) is 6.25. The van der Waals surface area contributed by atoms with Crippen molar-refractivity contribution in [3.63, 3.8) is 0 Å². The Bertz CT molecular complexity index is 803. The van der Waals surface area contributed by atoms with E-state index in [0.29, 0.717) is 16.3 Å². The van der Waals surface area contributed by atoms with Gasteiger partial charge in [-0.15, -0.1) is 0 Å². The first kappa shape index (κ1) is 17.5. The molecule has 0 aliphatic rings. The molecule has 0 amide bonds. The van der Waals surface area contributed by atoms with Crippen LogP contribution in [-0.4, -0.2) is 21.9 Å². The van der Waals surface area contributed by atoms with Crippen LogP contribution in [-0.2, 0) is 19.7 Å². The van der Waals surface area contributed by atoms with Gasteiger partial charge in [-0.25, -0.2) is 9.37 Å². The lowest BCUT2D eigenvalue weighted by Crippen LogP contribution is -2.18. The highest BCUT2D eigenvalue weighted by molar-refractivity contribution is 6.31. The largest absolute Gasteiger partial charge is 0.489 e. The maximum atomic E-state index is 13.8. The SMILES string of the molecule is CN(Cc1cccc(OCc2c(F)cccc2Cl)c1)Cc1ncc[nH]1. The third-order valence-corrected chi connectivity index (χ3v) is 4.12. The number of H-pyrrole nitrogens is 1. The fourth-order valence-corrected chi connectivity index (χ4v) is 2.78. The van der Waals surface area contributed by atoms with E-state index >= 15 is 0 Å². The minimum absolute atomic E-state index is 0.0944. The summed E-state index contributed by atoms with van der Waals surface area (Å²) < 4.78 is 19.5. The highest BCUT2D eigenvalue weighted by Crippen LogP contribution is 2.22. The Labute approximate surface area is 151 Å². The molecule has 25 heavy (non-hydrogen) atoms. The second-order valence-electron chi connectivity index (χ2n) is 5.84. The van der Waals surface area contributed by atoms with Crippen LogP contribution < -0.4 is 4.74 Å². The highest BCUT2D eigenvalue weighted by Gasteiger charge is 2.09. The standard InChI is InChI=1S/C19H19ClFN3O/c1-24(12-19-22-8-9-23-19)11-14-4-2-5-15(10-14)25-13-16-17(20)6-3-7-18(16)21/h2-10H,11-13H2,1H3,(H,22,23). The minimum atomic E-state index is -0.359. The molecule has 0 fully saturated rings. The van der Waals surface area contributed by atoms with Gasteiger partial charge in [-0.2, -0.15) is 0 Å². The molecular formula is C19H19ClFN3O. The molecule has 0 radical (unpaired) electrons. The number of hydrogen-bond acceptors (Lipinski definition) is 3. The number of imidazole rings is 1. The van der Waals surface area contributed by atoms with Gasteiger partial charge in [0.25, 0.3) is 0 Å². The summed E-state index contributed by atoms with van der Waals surface area (Å²) in [6.07, 6.45) is 3.55. The number of benzene rings is 2. The van der Waals surface area contributed by atoms with Gasteiger partial charge in [0.2, 0.25) is 0 Å². The molecule has 0 bridgehead atoms. The Morgan fingerprint density at radius 3 is 2.80 bits per heavy atom. The lowest BCUT2D eigenvalue weighted by molar-refractivity contribution is 0.295. The zero-order chi connectivity index (χ0) is 17.6. The molecule has 6 heteroatoms. The number of nitrogens with one attached hydrogen (secondary N) is 1. The first-order valence-corrected chi connectivity index (χ1v) is 8.31. The number of aromatic amines is 1. The highest BCUT2D eigenvalue weighted by atomic mass is 35.5. The van der Waals surface area contributed by atoms with Crippen molar-refractivity contribution in [3.8, 4) is 5.75 Å². The van der Waals surface area contributed by atoms with Gasteiger partial charge >= 0.3 is 0 Å². The smallest absolute Gasteiger partial charge is 0.131 e. The minimum Gasteiger partial charge on any atom is -0.489 e. The van der Waals surface area contributed by atoms with E-state index in [-0.39, 0.29) is 12.4 Å². The van der Waals surface area contributed by atoms with E-state index in [4.69, 9.17) is 16.3 Å². The van der Waals surface area contributed by atoms with E-state index in [2.05, 4.69) is 14.9 Å². The summed E-state index contributed by atoms with van der Waals surface area (Å²) in [6.45, 7) is 1.57. The van der Waals surface area contributed by atoms with Crippen LogP contribution >= 0.6 is 11.6 Å². The summed E-state index contributed by atoms with van der Waals surface area (Å²) in [7, 11) is 2.02. The first-order valence-electron chi connectivity index (χ1n) is 7.93. The Balaban J connectivity index is 1.61. The van der Waals surface area contributed by atoms with Gasteiger partial charge in [-0.05, 0) is 36.9 Å². The fraction of sp³-hybridized carbons (Fsp3) is 0.211. The molecule has 0 unspecified atom stereocenters. The third kappa shape index (κ3) is 4.81. The average molecular weight is 360 g/mol. The molecule has 130 valence electrons. The number of rotatable bonds is 7. The lowest BCUT2D eigenvalue weighted by atomic mass is 10.2. The van der Waals surface area contributed by atoms with E-state index in [9.17, 15) is 4.39 Å². The number of aromatic nitrogens is 2. The van der Waals surface area contributed by atoms with Crippen LogP contribution in [0.5, 0.6) is 5.75 Å². The van der Waals surface area contributed by atoms with Gasteiger partial charge in [0, 0.05) is 24.5 Å². The Morgan fingerprint density at radius 2 is 2.04 bits per heavy atom. The van der Waals surface area contributed by atoms with Crippen molar-refractivity contribution in [3.05, 3.63) is 82.6 Å². The van der Waals surface area contributed by atoms with Crippen LogP contribution in [0.25, 0.3) is 0 Å². The molecule has 2 aromatic carbocycles. The van der Waals surface area contributed by atoms with Crippen LogP contribution in [0.3, 0.4) is 0 Å². The van der Waals surface area contributed by atoms with Crippen molar-refractivity contribution in [1.82, 2.24) is 14.9 Å². The third-order valence-electron chi connectivity index (χ3n) is 3.77. The van der Waals surface area contributed by atoms with Crippen molar-refractivity contribution in [2.24, 2.45) is 0 Å². The van der Waals surface area contributed by atoms with Crippen LogP contribution in [0.2, 0.25) is 5.02 Å². The number of nitrogens with zero attached hydrogens (tertiary/aromatic N) is 2. The molecule has 0 saturated carbocycles. The molecule has 1 aromatic heterocycles. The molecule has 0 atom stereocenters.